The highest BCUT2D eigenvalue weighted by Gasteiger charge is 2.11. The summed E-state index contributed by atoms with van der Waals surface area (Å²) in [5, 5.41) is 3.82. The molecule has 0 fully saturated rings. The van der Waals surface area contributed by atoms with Crippen molar-refractivity contribution in [3.8, 4) is 5.75 Å². The molecule has 0 saturated carbocycles. The fraction of sp³-hybridized carbons (Fsp3) is 0.250. The highest BCUT2D eigenvalue weighted by atomic mass is 35.5. The van der Waals surface area contributed by atoms with Gasteiger partial charge in [0.05, 0.1) is 18.0 Å². The third-order valence-corrected chi connectivity index (χ3v) is 3.51. The van der Waals surface area contributed by atoms with Crippen LogP contribution in [0, 0.1) is 12.7 Å². The summed E-state index contributed by atoms with van der Waals surface area (Å²) >= 11 is 6.09. The molecule has 2 rings (SSSR count). The molecule has 0 aliphatic heterocycles. The number of hydrogen-bond acceptors (Lipinski definition) is 3. The van der Waals surface area contributed by atoms with E-state index in [1.807, 2.05) is 32.0 Å². The summed E-state index contributed by atoms with van der Waals surface area (Å²) in [6, 6.07) is 8.36. The summed E-state index contributed by atoms with van der Waals surface area (Å²) in [5.74, 6) is -0.275. The smallest absolute Gasteiger partial charge is 0.167 e. The van der Waals surface area contributed by atoms with Gasteiger partial charge in [0.15, 0.2) is 11.6 Å². The van der Waals surface area contributed by atoms with Crippen molar-refractivity contribution in [2.45, 2.75) is 20.3 Å². The van der Waals surface area contributed by atoms with Crippen LogP contribution < -0.4 is 15.8 Å². The van der Waals surface area contributed by atoms with E-state index in [0.29, 0.717) is 23.0 Å². The highest BCUT2D eigenvalue weighted by molar-refractivity contribution is 6.31. The van der Waals surface area contributed by atoms with E-state index in [0.717, 1.165) is 17.7 Å². The standard InChI is InChI=1S/C16H18ClFN2O/c1-3-7-21-16-9-15(13(19)8-12(16)18)20-14-6-4-5-11(17)10(14)2/h4-6,8-9,20H,3,7,19H2,1-2H3. The van der Waals surface area contributed by atoms with Gasteiger partial charge in [-0.25, -0.2) is 4.39 Å². The molecule has 0 unspecified atom stereocenters. The zero-order valence-electron chi connectivity index (χ0n) is 12.0. The molecule has 0 spiro atoms. The van der Waals surface area contributed by atoms with Crippen LogP contribution in [0.1, 0.15) is 18.9 Å². The molecule has 112 valence electrons. The van der Waals surface area contributed by atoms with Crippen LogP contribution in [0.15, 0.2) is 30.3 Å². The van der Waals surface area contributed by atoms with Gasteiger partial charge in [-0.2, -0.15) is 0 Å². The molecular weight excluding hydrogens is 291 g/mol. The van der Waals surface area contributed by atoms with Crippen LogP contribution in [0.4, 0.5) is 21.5 Å². The average molecular weight is 309 g/mol. The Labute approximate surface area is 128 Å². The Hall–Kier alpha value is -1.94. The topological polar surface area (TPSA) is 47.3 Å². The number of ether oxygens (including phenoxy) is 1. The first-order chi connectivity index (χ1) is 10.0. The Balaban J connectivity index is 2.33. The first-order valence-corrected chi connectivity index (χ1v) is 7.14. The number of nitrogen functional groups attached to an aromatic ring is 1. The number of rotatable bonds is 5. The average Bonchev–Trinajstić information content (AvgIpc) is 2.45. The lowest BCUT2D eigenvalue weighted by Crippen LogP contribution is -2.02. The maximum Gasteiger partial charge on any atom is 0.167 e. The number of nitrogens with two attached hydrogens (primary N) is 1. The number of halogens is 2. The second kappa shape index (κ2) is 6.68. The molecule has 2 aromatic rings. The molecule has 0 aliphatic carbocycles. The lowest BCUT2D eigenvalue weighted by molar-refractivity contribution is 0.301. The lowest BCUT2D eigenvalue weighted by atomic mass is 10.1. The van der Waals surface area contributed by atoms with Gasteiger partial charge in [0.25, 0.3) is 0 Å². The van der Waals surface area contributed by atoms with Gasteiger partial charge in [0.2, 0.25) is 0 Å². The third-order valence-electron chi connectivity index (χ3n) is 3.10. The summed E-state index contributed by atoms with van der Waals surface area (Å²) in [5.41, 5.74) is 8.49. The van der Waals surface area contributed by atoms with Gasteiger partial charge in [0.1, 0.15) is 0 Å². The van der Waals surface area contributed by atoms with E-state index < -0.39 is 5.82 Å². The molecule has 0 radical (unpaired) electrons. The van der Waals surface area contributed by atoms with Gasteiger partial charge < -0.3 is 15.8 Å². The molecule has 0 aromatic heterocycles. The first kappa shape index (κ1) is 15.4. The molecule has 0 amide bonds. The predicted molar refractivity (Wildman–Crippen MR) is 86.1 cm³/mol. The molecule has 5 heteroatoms. The van der Waals surface area contributed by atoms with Crippen LogP contribution in [0.2, 0.25) is 5.02 Å². The highest BCUT2D eigenvalue weighted by Crippen LogP contribution is 2.33. The Kier molecular flexibility index (Phi) is 4.91. The van der Waals surface area contributed by atoms with Crippen LogP contribution in [-0.4, -0.2) is 6.61 Å². The molecule has 2 aromatic carbocycles. The third kappa shape index (κ3) is 3.58. The van der Waals surface area contributed by atoms with Crippen molar-refractivity contribution in [3.63, 3.8) is 0 Å². The predicted octanol–water partition coefficient (Wildman–Crippen LogP) is 4.90. The molecule has 3 N–H and O–H groups in total. The minimum absolute atomic E-state index is 0.188. The minimum atomic E-state index is -0.464. The fourth-order valence-corrected chi connectivity index (χ4v) is 2.06. The normalized spacial score (nSPS) is 10.5. The number of hydrogen-bond donors (Lipinski definition) is 2. The van der Waals surface area contributed by atoms with Gasteiger partial charge in [0, 0.05) is 22.8 Å². The van der Waals surface area contributed by atoms with Crippen molar-refractivity contribution in [3.05, 3.63) is 46.7 Å². The summed E-state index contributed by atoms with van der Waals surface area (Å²) in [4.78, 5) is 0. The summed E-state index contributed by atoms with van der Waals surface area (Å²) in [6.07, 6.45) is 0.806. The van der Waals surface area contributed by atoms with Crippen LogP contribution in [0.25, 0.3) is 0 Å². The van der Waals surface area contributed by atoms with Crippen molar-refractivity contribution in [1.82, 2.24) is 0 Å². The molecule has 3 nitrogen and oxygen atoms in total. The van der Waals surface area contributed by atoms with Gasteiger partial charge in [-0.3, -0.25) is 0 Å². The Morgan fingerprint density at radius 2 is 2.05 bits per heavy atom. The van der Waals surface area contributed by atoms with Crippen LogP contribution >= 0.6 is 11.6 Å². The Morgan fingerprint density at radius 1 is 1.29 bits per heavy atom. The SMILES string of the molecule is CCCOc1cc(Nc2cccc(Cl)c2C)c(N)cc1F. The van der Waals surface area contributed by atoms with Crippen molar-refractivity contribution >= 4 is 28.7 Å². The molecule has 0 saturated heterocycles. The van der Waals surface area contributed by atoms with Gasteiger partial charge in [-0.1, -0.05) is 24.6 Å². The van der Waals surface area contributed by atoms with Gasteiger partial charge in [-0.05, 0) is 31.0 Å². The second-order valence-corrected chi connectivity index (χ2v) is 5.16. The van der Waals surface area contributed by atoms with Crippen molar-refractivity contribution in [1.29, 1.82) is 0 Å². The van der Waals surface area contributed by atoms with E-state index >= 15 is 0 Å². The fourth-order valence-electron chi connectivity index (χ4n) is 1.89. The number of anilines is 3. The number of nitrogens with one attached hydrogen (secondary N) is 1. The summed E-state index contributed by atoms with van der Waals surface area (Å²) in [7, 11) is 0. The van der Waals surface area contributed by atoms with Crippen LogP contribution in [0.5, 0.6) is 5.75 Å². The molecular formula is C16H18ClFN2O. The Bertz CT molecular complexity index is 646. The molecule has 0 aliphatic rings. The largest absolute Gasteiger partial charge is 0.490 e. The summed E-state index contributed by atoms with van der Waals surface area (Å²) in [6.45, 7) is 4.32. The molecule has 21 heavy (non-hydrogen) atoms. The Morgan fingerprint density at radius 3 is 2.76 bits per heavy atom. The van der Waals surface area contributed by atoms with E-state index in [4.69, 9.17) is 22.1 Å². The zero-order chi connectivity index (χ0) is 15.4. The zero-order valence-corrected chi connectivity index (χ0v) is 12.8. The van der Waals surface area contributed by atoms with Gasteiger partial charge >= 0.3 is 0 Å². The second-order valence-electron chi connectivity index (χ2n) is 4.76. The minimum Gasteiger partial charge on any atom is -0.490 e. The van der Waals surface area contributed by atoms with Crippen molar-refractivity contribution in [2.75, 3.05) is 17.7 Å². The van der Waals surface area contributed by atoms with Crippen molar-refractivity contribution in [2.24, 2.45) is 0 Å². The summed E-state index contributed by atoms with van der Waals surface area (Å²) < 4.78 is 19.2. The molecule has 0 bridgehead atoms. The van der Waals surface area contributed by atoms with E-state index in [1.165, 1.54) is 6.07 Å². The van der Waals surface area contributed by atoms with Crippen LogP contribution in [0.3, 0.4) is 0 Å². The van der Waals surface area contributed by atoms with E-state index in [2.05, 4.69) is 5.32 Å². The van der Waals surface area contributed by atoms with E-state index in [1.54, 1.807) is 6.07 Å². The van der Waals surface area contributed by atoms with Gasteiger partial charge in [-0.15, -0.1) is 0 Å². The first-order valence-electron chi connectivity index (χ1n) is 6.77. The lowest BCUT2D eigenvalue weighted by Gasteiger charge is -2.15. The molecule has 0 heterocycles. The maximum atomic E-state index is 13.8. The van der Waals surface area contributed by atoms with E-state index in [-0.39, 0.29) is 5.75 Å². The molecule has 0 atom stereocenters. The quantitative estimate of drug-likeness (QED) is 0.772. The maximum absolute atomic E-state index is 13.8. The van der Waals surface area contributed by atoms with E-state index in [9.17, 15) is 4.39 Å². The number of benzene rings is 2. The van der Waals surface area contributed by atoms with Crippen molar-refractivity contribution < 1.29 is 9.13 Å². The van der Waals surface area contributed by atoms with Crippen LogP contribution in [-0.2, 0) is 0 Å². The monoisotopic (exact) mass is 308 g/mol.